The second kappa shape index (κ2) is 8.10. The largest absolute Gasteiger partial charge is 0.338 e. The minimum atomic E-state index is -0.179. The van der Waals surface area contributed by atoms with Crippen molar-refractivity contribution in [2.24, 2.45) is 7.05 Å². The number of carbonyl (C=O) groups excluding carboxylic acids is 1. The van der Waals surface area contributed by atoms with Gasteiger partial charge in [0.05, 0.1) is 5.69 Å². The van der Waals surface area contributed by atoms with Gasteiger partial charge in [0.2, 0.25) is 0 Å². The Labute approximate surface area is 146 Å². The number of urea groups is 1. The van der Waals surface area contributed by atoms with Gasteiger partial charge in [0.15, 0.2) is 0 Å². The molecule has 3 aromatic rings. The Balaban J connectivity index is 1.48. The lowest BCUT2D eigenvalue weighted by atomic mass is 10.1. The van der Waals surface area contributed by atoms with E-state index in [1.165, 1.54) is 5.56 Å². The molecule has 2 heterocycles. The Kier molecular flexibility index (Phi) is 5.41. The van der Waals surface area contributed by atoms with Crippen molar-refractivity contribution in [1.29, 1.82) is 0 Å². The van der Waals surface area contributed by atoms with Gasteiger partial charge in [-0.1, -0.05) is 30.3 Å². The maximum atomic E-state index is 11.9. The maximum Gasteiger partial charge on any atom is 0.315 e. The summed E-state index contributed by atoms with van der Waals surface area (Å²) >= 11 is 0. The number of hydrogen-bond donors (Lipinski definition) is 2. The van der Waals surface area contributed by atoms with E-state index in [0.717, 1.165) is 23.2 Å². The van der Waals surface area contributed by atoms with Crippen LogP contribution in [0.4, 0.5) is 4.79 Å². The highest BCUT2D eigenvalue weighted by Crippen LogP contribution is 2.17. The lowest BCUT2D eigenvalue weighted by Gasteiger charge is -2.09. The first-order valence-electron chi connectivity index (χ1n) is 8.20. The number of rotatable bonds is 6. The zero-order valence-electron chi connectivity index (χ0n) is 14.1. The molecule has 0 aliphatic rings. The number of hydrogen-bond acceptors (Lipinski definition) is 3. The molecule has 0 atom stereocenters. The van der Waals surface area contributed by atoms with Crippen molar-refractivity contribution in [3.8, 4) is 11.3 Å². The number of pyridine rings is 1. The second-order valence-electron chi connectivity index (χ2n) is 5.77. The van der Waals surface area contributed by atoms with Gasteiger partial charge in [-0.3, -0.25) is 9.67 Å². The summed E-state index contributed by atoms with van der Waals surface area (Å²) in [7, 11) is 1.89. The van der Waals surface area contributed by atoms with Crippen LogP contribution in [0.25, 0.3) is 11.3 Å². The lowest BCUT2D eigenvalue weighted by Crippen LogP contribution is -2.36. The molecule has 3 rings (SSSR count). The summed E-state index contributed by atoms with van der Waals surface area (Å²) in [6, 6.07) is 13.8. The molecule has 6 heteroatoms. The van der Waals surface area contributed by atoms with Crippen LogP contribution in [-0.2, 0) is 20.0 Å². The molecule has 1 aromatic carbocycles. The molecular weight excluding hydrogens is 314 g/mol. The van der Waals surface area contributed by atoms with Crippen molar-refractivity contribution in [3.63, 3.8) is 0 Å². The van der Waals surface area contributed by atoms with E-state index < -0.39 is 0 Å². The van der Waals surface area contributed by atoms with Crippen molar-refractivity contribution < 1.29 is 4.79 Å². The summed E-state index contributed by atoms with van der Waals surface area (Å²) in [6.07, 6.45) is 6.11. The van der Waals surface area contributed by atoms with Crippen LogP contribution in [0.2, 0.25) is 0 Å². The van der Waals surface area contributed by atoms with E-state index in [1.54, 1.807) is 23.3 Å². The number of amides is 2. The van der Waals surface area contributed by atoms with E-state index in [9.17, 15) is 4.79 Å². The standard InChI is InChI=1S/C19H21N5O/c1-24-18(8-10-23-24)17-11-16(12-20-14-17)13-22-19(25)21-9-7-15-5-3-2-4-6-15/h2-6,8,10-12,14H,7,9,13H2,1H3,(H2,21,22,25). The molecule has 0 saturated carbocycles. The molecule has 2 N–H and O–H groups in total. The van der Waals surface area contributed by atoms with E-state index in [2.05, 4.69) is 32.8 Å². The fourth-order valence-corrected chi connectivity index (χ4v) is 2.59. The first-order valence-corrected chi connectivity index (χ1v) is 8.20. The van der Waals surface area contributed by atoms with Gasteiger partial charge < -0.3 is 10.6 Å². The Morgan fingerprint density at radius 1 is 1.08 bits per heavy atom. The molecule has 0 unspecified atom stereocenters. The number of carbonyl (C=O) groups is 1. The summed E-state index contributed by atoms with van der Waals surface area (Å²) < 4.78 is 1.80. The predicted octanol–water partition coefficient (Wildman–Crippen LogP) is 2.52. The number of nitrogens with zero attached hydrogens (tertiary/aromatic N) is 3. The van der Waals surface area contributed by atoms with E-state index >= 15 is 0 Å². The van der Waals surface area contributed by atoms with Crippen LogP contribution in [0.15, 0.2) is 61.1 Å². The number of nitrogens with one attached hydrogen (secondary N) is 2. The first-order chi connectivity index (χ1) is 12.2. The highest BCUT2D eigenvalue weighted by atomic mass is 16.2. The molecule has 0 aliphatic heterocycles. The zero-order valence-corrected chi connectivity index (χ0v) is 14.1. The van der Waals surface area contributed by atoms with Gasteiger partial charge in [-0.2, -0.15) is 5.10 Å². The quantitative estimate of drug-likeness (QED) is 0.727. The topological polar surface area (TPSA) is 71.8 Å². The Morgan fingerprint density at radius 2 is 1.92 bits per heavy atom. The van der Waals surface area contributed by atoms with E-state index in [1.807, 2.05) is 37.4 Å². The number of benzene rings is 1. The highest BCUT2D eigenvalue weighted by molar-refractivity contribution is 5.73. The van der Waals surface area contributed by atoms with Gasteiger partial charge in [-0.15, -0.1) is 0 Å². The molecular formula is C19H21N5O. The third-order valence-electron chi connectivity index (χ3n) is 3.91. The van der Waals surface area contributed by atoms with Crippen LogP contribution in [0.5, 0.6) is 0 Å². The van der Waals surface area contributed by atoms with Gasteiger partial charge in [-0.25, -0.2) is 4.79 Å². The molecule has 6 nitrogen and oxygen atoms in total. The van der Waals surface area contributed by atoms with Crippen molar-refractivity contribution in [3.05, 3.63) is 72.2 Å². The van der Waals surface area contributed by atoms with Crippen molar-refractivity contribution in [2.45, 2.75) is 13.0 Å². The average Bonchev–Trinajstić information content (AvgIpc) is 3.07. The van der Waals surface area contributed by atoms with Gasteiger partial charge >= 0.3 is 6.03 Å². The summed E-state index contributed by atoms with van der Waals surface area (Å²) in [5.74, 6) is 0. The van der Waals surface area contributed by atoms with E-state index in [4.69, 9.17) is 0 Å². The molecule has 128 valence electrons. The Morgan fingerprint density at radius 3 is 2.68 bits per heavy atom. The average molecular weight is 335 g/mol. The fourth-order valence-electron chi connectivity index (χ4n) is 2.59. The zero-order chi connectivity index (χ0) is 17.5. The monoisotopic (exact) mass is 335 g/mol. The van der Waals surface area contributed by atoms with E-state index in [0.29, 0.717) is 13.1 Å². The molecule has 25 heavy (non-hydrogen) atoms. The molecule has 0 spiro atoms. The molecule has 0 saturated heterocycles. The maximum absolute atomic E-state index is 11.9. The van der Waals surface area contributed by atoms with Gasteiger partial charge in [0.1, 0.15) is 0 Å². The van der Waals surface area contributed by atoms with Crippen LogP contribution in [0.3, 0.4) is 0 Å². The van der Waals surface area contributed by atoms with Crippen molar-refractivity contribution in [2.75, 3.05) is 6.54 Å². The molecule has 0 radical (unpaired) electrons. The first kappa shape index (κ1) is 16.7. The van der Waals surface area contributed by atoms with Crippen molar-refractivity contribution in [1.82, 2.24) is 25.4 Å². The molecule has 2 aromatic heterocycles. The lowest BCUT2D eigenvalue weighted by molar-refractivity contribution is 0.240. The second-order valence-corrected chi connectivity index (χ2v) is 5.77. The number of aromatic nitrogens is 3. The molecule has 0 fully saturated rings. The Bertz CT molecular complexity index is 829. The minimum absolute atomic E-state index is 0.179. The SMILES string of the molecule is Cn1nccc1-c1cncc(CNC(=O)NCCc2ccccc2)c1. The van der Waals surface area contributed by atoms with Crippen LogP contribution < -0.4 is 10.6 Å². The minimum Gasteiger partial charge on any atom is -0.338 e. The van der Waals surface area contributed by atoms with Crippen LogP contribution in [-0.4, -0.2) is 27.3 Å². The molecule has 2 amide bonds. The fraction of sp³-hybridized carbons (Fsp3) is 0.211. The van der Waals surface area contributed by atoms with Crippen LogP contribution in [0, 0.1) is 0 Å². The summed E-state index contributed by atoms with van der Waals surface area (Å²) in [5, 5.41) is 9.89. The number of aryl methyl sites for hydroxylation is 1. The van der Waals surface area contributed by atoms with Gasteiger partial charge in [-0.05, 0) is 29.7 Å². The van der Waals surface area contributed by atoms with Gasteiger partial charge in [0, 0.05) is 44.3 Å². The molecule has 0 aliphatic carbocycles. The Hall–Kier alpha value is -3.15. The van der Waals surface area contributed by atoms with Crippen LogP contribution in [0.1, 0.15) is 11.1 Å². The highest BCUT2D eigenvalue weighted by Gasteiger charge is 2.05. The van der Waals surface area contributed by atoms with Crippen molar-refractivity contribution >= 4 is 6.03 Å². The van der Waals surface area contributed by atoms with E-state index in [-0.39, 0.29) is 6.03 Å². The molecule has 0 bridgehead atoms. The third kappa shape index (κ3) is 4.67. The summed E-state index contributed by atoms with van der Waals surface area (Å²) in [5.41, 5.74) is 4.11. The third-order valence-corrected chi connectivity index (χ3v) is 3.91. The predicted molar refractivity (Wildman–Crippen MR) is 96.8 cm³/mol. The normalized spacial score (nSPS) is 10.4. The summed E-state index contributed by atoms with van der Waals surface area (Å²) in [4.78, 5) is 16.2. The summed E-state index contributed by atoms with van der Waals surface area (Å²) in [6.45, 7) is 1.03. The smallest absolute Gasteiger partial charge is 0.315 e. The van der Waals surface area contributed by atoms with Gasteiger partial charge in [0.25, 0.3) is 0 Å². The van der Waals surface area contributed by atoms with Crippen LogP contribution >= 0.6 is 0 Å².